The van der Waals surface area contributed by atoms with E-state index in [2.05, 4.69) is 15.7 Å². The van der Waals surface area contributed by atoms with Crippen molar-refractivity contribution >= 4 is 17.6 Å². The maximum atomic E-state index is 12.1. The highest BCUT2D eigenvalue weighted by atomic mass is 35.5. The molecule has 3 rings (SSSR count). The van der Waals surface area contributed by atoms with Crippen molar-refractivity contribution in [3.8, 4) is 0 Å². The Balaban J connectivity index is 1.56. The molecule has 2 aromatic rings. The summed E-state index contributed by atoms with van der Waals surface area (Å²) in [5, 5.41) is 10.6. The van der Waals surface area contributed by atoms with Gasteiger partial charge in [0.05, 0.1) is 18.3 Å². The zero-order valence-electron chi connectivity index (χ0n) is 12.8. The van der Waals surface area contributed by atoms with Gasteiger partial charge in [-0.15, -0.1) is 0 Å². The van der Waals surface area contributed by atoms with Gasteiger partial charge in [0, 0.05) is 24.9 Å². The van der Waals surface area contributed by atoms with Crippen LogP contribution in [0.5, 0.6) is 0 Å². The number of ether oxygens (including phenoxy) is 1. The lowest BCUT2D eigenvalue weighted by Crippen LogP contribution is -2.43. The Bertz CT molecular complexity index is 671. The molecule has 0 bridgehead atoms. The summed E-state index contributed by atoms with van der Waals surface area (Å²) in [7, 11) is 1.84. The van der Waals surface area contributed by atoms with E-state index < -0.39 is 0 Å². The number of halogens is 1. The summed E-state index contributed by atoms with van der Waals surface area (Å²) in [6.45, 7) is 1.06. The van der Waals surface area contributed by atoms with Crippen molar-refractivity contribution in [2.24, 2.45) is 7.05 Å². The summed E-state index contributed by atoms with van der Waals surface area (Å²) in [6.07, 6.45) is 2.35. The lowest BCUT2D eigenvalue weighted by molar-refractivity contribution is 0.0999. The zero-order valence-corrected chi connectivity index (χ0v) is 13.6. The summed E-state index contributed by atoms with van der Waals surface area (Å²) in [4.78, 5) is 12.1. The number of aromatic nitrogens is 2. The Kier molecular flexibility index (Phi) is 4.83. The number of hydrogen-bond donors (Lipinski definition) is 2. The summed E-state index contributed by atoms with van der Waals surface area (Å²) in [5.74, 6) is 0. The first-order valence-corrected chi connectivity index (χ1v) is 7.89. The van der Waals surface area contributed by atoms with Crippen molar-refractivity contribution < 1.29 is 9.53 Å². The number of urea groups is 1. The minimum absolute atomic E-state index is 0.0530. The maximum Gasteiger partial charge on any atom is 0.315 e. The molecule has 1 aliphatic heterocycles. The van der Waals surface area contributed by atoms with Crippen LogP contribution in [0.25, 0.3) is 0 Å². The molecule has 1 saturated heterocycles. The molecular weight excluding hydrogens is 316 g/mol. The number of aryl methyl sites for hydroxylation is 1. The normalized spacial score (nSPS) is 20.4. The molecular formula is C16H19ClN4O2. The van der Waals surface area contributed by atoms with E-state index in [-0.39, 0.29) is 18.2 Å². The molecule has 0 unspecified atom stereocenters. The molecule has 1 fully saturated rings. The van der Waals surface area contributed by atoms with Crippen molar-refractivity contribution in [3.63, 3.8) is 0 Å². The van der Waals surface area contributed by atoms with Crippen molar-refractivity contribution in [1.29, 1.82) is 0 Å². The standard InChI is InChI=1S/C16H19ClN4O2/c1-21-13(6-8-19-21)10-18-16(22)20-14-7-9-23-15(14)11-2-4-12(17)5-3-11/h2-6,8,14-15H,7,9-10H2,1H3,(H2,18,20,22)/t14-,15-/m1/s1. The third kappa shape index (κ3) is 3.83. The molecule has 2 heterocycles. The van der Waals surface area contributed by atoms with Gasteiger partial charge < -0.3 is 15.4 Å². The van der Waals surface area contributed by atoms with E-state index in [0.29, 0.717) is 18.2 Å². The predicted molar refractivity (Wildman–Crippen MR) is 87.1 cm³/mol. The van der Waals surface area contributed by atoms with Gasteiger partial charge >= 0.3 is 6.03 Å². The molecule has 2 atom stereocenters. The first-order chi connectivity index (χ1) is 11.1. The summed E-state index contributed by atoms with van der Waals surface area (Å²) in [5.41, 5.74) is 1.96. The van der Waals surface area contributed by atoms with Gasteiger partial charge in [0.1, 0.15) is 6.10 Å². The van der Waals surface area contributed by atoms with E-state index in [0.717, 1.165) is 17.7 Å². The van der Waals surface area contributed by atoms with E-state index >= 15 is 0 Å². The number of hydrogen-bond acceptors (Lipinski definition) is 3. The first-order valence-electron chi connectivity index (χ1n) is 7.52. The van der Waals surface area contributed by atoms with Crippen LogP contribution in [0.4, 0.5) is 4.79 Å². The van der Waals surface area contributed by atoms with E-state index in [4.69, 9.17) is 16.3 Å². The van der Waals surface area contributed by atoms with Crippen LogP contribution in [0.1, 0.15) is 23.8 Å². The first kappa shape index (κ1) is 15.8. The Morgan fingerprint density at radius 1 is 1.39 bits per heavy atom. The van der Waals surface area contributed by atoms with Gasteiger partial charge in [-0.05, 0) is 30.2 Å². The molecule has 2 amide bonds. The largest absolute Gasteiger partial charge is 0.371 e. The third-order valence-corrected chi connectivity index (χ3v) is 4.21. The highest BCUT2D eigenvalue weighted by Crippen LogP contribution is 2.29. The van der Waals surface area contributed by atoms with Crippen LogP contribution in [0.15, 0.2) is 36.5 Å². The number of amides is 2. The number of carbonyl (C=O) groups is 1. The van der Waals surface area contributed by atoms with Gasteiger partial charge in [0.25, 0.3) is 0 Å². The molecule has 1 aliphatic rings. The molecule has 0 radical (unpaired) electrons. The fourth-order valence-corrected chi connectivity index (χ4v) is 2.81. The molecule has 7 heteroatoms. The molecule has 1 aromatic heterocycles. The minimum atomic E-state index is -0.208. The Morgan fingerprint density at radius 2 is 2.17 bits per heavy atom. The fraction of sp³-hybridized carbons (Fsp3) is 0.375. The average Bonchev–Trinajstić information content (AvgIpc) is 3.15. The van der Waals surface area contributed by atoms with Gasteiger partial charge in [0.2, 0.25) is 0 Å². The van der Waals surface area contributed by atoms with Gasteiger partial charge in [-0.3, -0.25) is 4.68 Å². The topological polar surface area (TPSA) is 68.2 Å². The summed E-state index contributed by atoms with van der Waals surface area (Å²) in [6, 6.07) is 9.13. The second-order valence-electron chi connectivity index (χ2n) is 5.51. The predicted octanol–water partition coefficient (Wildman–Crippen LogP) is 2.40. The Labute approximate surface area is 139 Å². The molecule has 6 nitrogen and oxygen atoms in total. The van der Waals surface area contributed by atoms with Crippen molar-refractivity contribution in [2.45, 2.75) is 25.1 Å². The van der Waals surface area contributed by atoms with Crippen LogP contribution < -0.4 is 10.6 Å². The number of benzene rings is 1. The number of nitrogens with zero attached hydrogens (tertiary/aromatic N) is 2. The SMILES string of the molecule is Cn1nccc1CNC(=O)N[C@@H]1CCO[C@@H]1c1ccc(Cl)cc1. The second kappa shape index (κ2) is 7.02. The highest BCUT2D eigenvalue weighted by molar-refractivity contribution is 6.30. The van der Waals surface area contributed by atoms with Crippen LogP contribution in [0, 0.1) is 0 Å². The Hall–Kier alpha value is -2.05. The van der Waals surface area contributed by atoms with Gasteiger partial charge in [-0.25, -0.2) is 4.79 Å². The molecule has 0 spiro atoms. The van der Waals surface area contributed by atoms with Crippen LogP contribution in [0.2, 0.25) is 5.02 Å². The van der Waals surface area contributed by atoms with Gasteiger partial charge in [0.15, 0.2) is 0 Å². The highest BCUT2D eigenvalue weighted by Gasteiger charge is 2.30. The van der Waals surface area contributed by atoms with E-state index in [1.54, 1.807) is 10.9 Å². The van der Waals surface area contributed by atoms with Crippen LogP contribution in [-0.4, -0.2) is 28.5 Å². The number of rotatable bonds is 4. The van der Waals surface area contributed by atoms with Crippen LogP contribution in [-0.2, 0) is 18.3 Å². The smallest absolute Gasteiger partial charge is 0.315 e. The monoisotopic (exact) mass is 334 g/mol. The molecule has 0 aliphatic carbocycles. The maximum absolute atomic E-state index is 12.1. The summed E-state index contributed by atoms with van der Waals surface area (Å²) >= 11 is 5.91. The lowest BCUT2D eigenvalue weighted by Gasteiger charge is -2.20. The second-order valence-corrected chi connectivity index (χ2v) is 5.95. The van der Waals surface area contributed by atoms with Crippen molar-refractivity contribution in [3.05, 3.63) is 52.8 Å². The average molecular weight is 335 g/mol. The number of carbonyl (C=O) groups excluding carboxylic acids is 1. The van der Waals surface area contributed by atoms with Gasteiger partial charge in [-0.1, -0.05) is 23.7 Å². The quantitative estimate of drug-likeness (QED) is 0.902. The molecule has 122 valence electrons. The molecule has 2 N–H and O–H groups in total. The minimum Gasteiger partial charge on any atom is -0.371 e. The lowest BCUT2D eigenvalue weighted by atomic mass is 10.0. The number of nitrogens with one attached hydrogen (secondary N) is 2. The van der Waals surface area contributed by atoms with Gasteiger partial charge in [-0.2, -0.15) is 5.10 Å². The zero-order chi connectivity index (χ0) is 16.2. The molecule has 23 heavy (non-hydrogen) atoms. The van der Waals surface area contributed by atoms with Crippen molar-refractivity contribution in [2.75, 3.05) is 6.61 Å². The van der Waals surface area contributed by atoms with E-state index in [1.807, 2.05) is 37.4 Å². The Morgan fingerprint density at radius 3 is 2.87 bits per heavy atom. The molecule has 1 aromatic carbocycles. The summed E-state index contributed by atoms with van der Waals surface area (Å²) < 4.78 is 7.49. The van der Waals surface area contributed by atoms with Crippen LogP contribution in [0.3, 0.4) is 0 Å². The van der Waals surface area contributed by atoms with E-state index in [9.17, 15) is 4.79 Å². The van der Waals surface area contributed by atoms with E-state index in [1.165, 1.54) is 0 Å². The van der Waals surface area contributed by atoms with Crippen molar-refractivity contribution in [1.82, 2.24) is 20.4 Å². The third-order valence-electron chi connectivity index (χ3n) is 3.96. The molecule has 0 saturated carbocycles. The van der Waals surface area contributed by atoms with Crippen LogP contribution >= 0.6 is 11.6 Å². The fourth-order valence-electron chi connectivity index (χ4n) is 2.68.